The number of aromatic nitrogens is 1. The third-order valence-corrected chi connectivity index (χ3v) is 5.13. The first-order valence-corrected chi connectivity index (χ1v) is 7.52. The van der Waals surface area contributed by atoms with Crippen LogP contribution in [-0.2, 0) is 9.84 Å². The monoisotopic (exact) mass is 269 g/mol. The number of sulfone groups is 1. The molecule has 0 fully saturated rings. The van der Waals surface area contributed by atoms with Crippen LogP contribution >= 0.6 is 11.3 Å². The minimum atomic E-state index is -3.13. The zero-order valence-electron chi connectivity index (χ0n) is 9.38. The maximum atomic E-state index is 11.4. The van der Waals surface area contributed by atoms with Gasteiger partial charge in [0.1, 0.15) is 4.21 Å². The summed E-state index contributed by atoms with van der Waals surface area (Å²) < 4.78 is 28.0. The summed E-state index contributed by atoms with van der Waals surface area (Å²) in [6.07, 6.45) is 2.87. The lowest BCUT2D eigenvalue weighted by Gasteiger charge is -1.99. The highest BCUT2D eigenvalue weighted by molar-refractivity contribution is 7.92. The Morgan fingerprint density at radius 2 is 2.00 bits per heavy atom. The van der Waals surface area contributed by atoms with Crippen LogP contribution in [0.3, 0.4) is 0 Å². The van der Waals surface area contributed by atoms with E-state index in [1.54, 1.807) is 31.5 Å². The molecule has 0 N–H and O–H groups in total. The highest BCUT2D eigenvalue weighted by Gasteiger charge is 2.11. The van der Waals surface area contributed by atoms with Crippen LogP contribution in [-0.4, -0.2) is 26.8 Å². The topological polar surface area (TPSA) is 56.3 Å². The molecule has 0 saturated heterocycles. The van der Waals surface area contributed by atoms with Gasteiger partial charge in [0.15, 0.2) is 9.84 Å². The second-order valence-electron chi connectivity index (χ2n) is 3.48. The van der Waals surface area contributed by atoms with Gasteiger partial charge in [0.2, 0.25) is 5.88 Å². The number of pyridine rings is 1. The van der Waals surface area contributed by atoms with Crippen LogP contribution in [0, 0.1) is 0 Å². The molecule has 0 radical (unpaired) electrons. The summed E-state index contributed by atoms with van der Waals surface area (Å²) in [4.78, 5) is 4.96. The summed E-state index contributed by atoms with van der Waals surface area (Å²) in [5.41, 5.74) is 0.880. The molecule has 0 aliphatic heterocycles. The van der Waals surface area contributed by atoms with Crippen molar-refractivity contribution in [1.82, 2.24) is 4.98 Å². The zero-order valence-corrected chi connectivity index (χ0v) is 11.0. The van der Waals surface area contributed by atoms with Gasteiger partial charge >= 0.3 is 0 Å². The van der Waals surface area contributed by atoms with E-state index in [4.69, 9.17) is 4.74 Å². The van der Waals surface area contributed by atoms with Crippen molar-refractivity contribution in [3.63, 3.8) is 0 Å². The fraction of sp³-hybridized carbons (Fsp3) is 0.182. The van der Waals surface area contributed by atoms with Crippen molar-refractivity contribution in [3.8, 4) is 16.3 Å². The lowest BCUT2D eigenvalue weighted by atomic mass is 10.2. The van der Waals surface area contributed by atoms with E-state index in [-0.39, 0.29) is 0 Å². The average molecular weight is 269 g/mol. The summed E-state index contributed by atoms with van der Waals surface area (Å²) in [6, 6.07) is 6.99. The van der Waals surface area contributed by atoms with Crippen molar-refractivity contribution >= 4 is 21.2 Å². The van der Waals surface area contributed by atoms with Crippen molar-refractivity contribution in [2.45, 2.75) is 4.21 Å². The van der Waals surface area contributed by atoms with Gasteiger partial charge < -0.3 is 4.74 Å². The molecule has 2 rings (SSSR count). The predicted molar refractivity (Wildman–Crippen MR) is 67.2 cm³/mol. The predicted octanol–water partition coefficient (Wildman–Crippen LogP) is 2.22. The Hall–Kier alpha value is -1.40. The number of nitrogens with zero attached hydrogens (tertiary/aromatic N) is 1. The maximum absolute atomic E-state index is 11.4. The second-order valence-corrected chi connectivity index (χ2v) is 6.81. The van der Waals surface area contributed by atoms with Gasteiger partial charge in [-0.25, -0.2) is 13.4 Å². The first kappa shape index (κ1) is 12.1. The van der Waals surface area contributed by atoms with E-state index in [1.165, 1.54) is 17.6 Å². The van der Waals surface area contributed by atoms with Crippen LogP contribution < -0.4 is 4.74 Å². The van der Waals surface area contributed by atoms with E-state index in [1.807, 2.05) is 6.07 Å². The Labute approximate surface area is 104 Å². The highest BCUT2D eigenvalue weighted by Crippen LogP contribution is 2.30. The third-order valence-electron chi connectivity index (χ3n) is 2.18. The molecule has 0 saturated carbocycles. The van der Waals surface area contributed by atoms with Gasteiger partial charge in [-0.05, 0) is 18.2 Å². The number of thiophene rings is 1. The van der Waals surface area contributed by atoms with Crippen LogP contribution in [0.4, 0.5) is 0 Å². The molecule has 2 heterocycles. The van der Waals surface area contributed by atoms with Gasteiger partial charge in [0.05, 0.1) is 7.11 Å². The Morgan fingerprint density at radius 3 is 2.47 bits per heavy atom. The second kappa shape index (κ2) is 4.46. The Bertz CT molecular complexity index is 614. The quantitative estimate of drug-likeness (QED) is 0.857. The molecule has 0 aliphatic carbocycles. The number of rotatable bonds is 3. The molecular weight excluding hydrogens is 258 g/mol. The summed E-state index contributed by atoms with van der Waals surface area (Å²) in [5.74, 6) is 0.536. The Kier molecular flexibility index (Phi) is 3.17. The molecule has 0 atom stereocenters. The molecule has 0 aliphatic rings. The molecule has 0 amide bonds. The number of hydrogen-bond donors (Lipinski definition) is 0. The molecule has 17 heavy (non-hydrogen) atoms. The first-order valence-electron chi connectivity index (χ1n) is 4.81. The van der Waals surface area contributed by atoms with Crippen LogP contribution in [0.25, 0.3) is 10.4 Å². The fourth-order valence-corrected chi connectivity index (χ4v) is 3.24. The van der Waals surface area contributed by atoms with Gasteiger partial charge in [0.25, 0.3) is 0 Å². The zero-order chi connectivity index (χ0) is 12.5. The number of ether oxygens (including phenoxy) is 1. The van der Waals surface area contributed by atoms with Crippen molar-refractivity contribution < 1.29 is 13.2 Å². The Balaban J connectivity index is 2.37. The van der Waals surface area contributed by atoms with Crippen molar-refractivity contribution in [3.05, 3.63) is 30.5 Å². The largest absolute Gasteiger partial charge is 0.481 e. The molecule has 2 aromatic heterocycles. The normalized spacial score (nSPS) is 11.4. The van der Waals surface area contributed by atoms with Crippen molar-refractivity contribution in [2.24, 2.45) is 0 Å². The van der Waals surface area contributed by atoms with Gasteiger partial charge in [-0.2, -0.15) is 0 Å². The Morgan fingerprint density at radius 1 is 1.24 bits per heavy atom. The lowest BCUT2D eigenvalue weighted by Crippen LogP contribution is -1.91. The molecular formula is C11H11NO3S2. The van der Waals surface area contributed by atoms with E-state index in [9.17, 15) is 8.42 Å². The minimum Gasteiger partial charge on any atom is -0.481 e. The summed E-state index contributed by atoms with van der Waals surface area (Å²) in [6.45, 7) is 0. The molecule has 2 aromatic rings. The van der Waals surface area contributed by atoms with Crippen LogP contribution in [0.15, 0.2) is 34.7 Å². The van der Waals surface area contributed by atoms with Gasteiger partial charge in [-0.1, -0.05) is 0 Å². The van der Waals surface area contributed by atoms with E-state index >= 15 is 0 Å². The lowest BCUT2D eigenvalue weighted by molar-refractivity contribution is 0.398. The SMILES string of the molecule is COc1ccc(-c2ccc(S(C)(=O)=O)s2)cn1. The molecule has 6 heteroatoms. The average Bonchev–Trinajstić information content (AvgIpc) is 2.78. The van der Waals surface area contributed by atoms with Crippen LogP contribution in [0.5, 0.6) is 5.88 Å². The molecule has 0 unspecified atom stereocenters. The summed E-state index contributed by atoms with van der Waals surface area (Å²) in [7, 11) is -1.58. The van der Waals surface area contributed by atoms with E-state index < -0.39 is 9.84 Å². The van der Waals surface area contributed by atoms with Crippen molar-refractivity contribution in [2.75, 3.05) is 13.4 Å². The van der Waals surface area contributed by atoms with E-state index in [0.29, 0.717) is 10.1 Å². The van der Waals surface area contributed by atoms with E-state index in [2.05, 4.69) is 4.98 Å². The molecule has 0 spiro atoms. The van der Waals surface area contributed by atoms with Crippen molar-refractivity contribution in [1.29, 1.82) is 0 Å². The molecule has 4 nitrogen and oxygen atoms in total. The summed E-state index contributed by atoms with van der Waals surface area (Å²) in [5, 5.41) is 0. The van der Waals surface area contributed by atoms with Gasteiger partial charge in [-0.15, -0.1) is 11.3 Å². The third kappa shape index (κ3) is 2.65. The van der Waals surface area contributed by atoms with Crippen LogP contribution in [0.1, 0.15) is 0 Å². The number of hydrogen-bond acceptors (Lipinski definition) is 5. The molecule has 0 bridgehead atoms. The van der Waals surface area contributed by atoms with Gasteiger partial charge in [0, 0.05) is 29.0 Å². The summed E-state index contributed by atoms with van der Waals surface area (Å²) >= 11 is 1.24. The smallest absolute Gasteiger partial charge is 0.212 e. The van der Waals surface area contributed by atoms with Gasteiger partial charge in [-0.3, -0.25) is 0 Å². The van der Waals surface area contributed by atoms with Crippen LogP contribution in [0.2, 0.25) is 0 Å². The van der Waals surface area contributed by atoms with E-state index in [0.717, 1.165) is 10.4 Å². The molecule has 90 valence electrons. The maximum Gasteiger partial charge on any atom is 0.212 e. The fourth-order valence-electron chi connectivity index (χ4n) is 1.32. The minimum absolute atomic E-state index is 0.364. The number of methoxy groups -OCH3 is 1. The first-order chi connectivity index (χ1) is 8.00. The highest BCUT2D eigenvalue weighted by atomic mass is 32.2. The standard InChI is InChI=1S/C11H11NO3S2/c1-15-10-5-3-8(7-12-10)9-4-6-11(16-9)17(2,13)14/h3-7H,1-2H3. The molecule has 0 aromatic carbocycles.